The van der Waals surface area contributed by atoms with Gasteiger partial charge in [-0.15, -0.1) is 11.3 Å². The summed E-state index contributed by atoms with van der Waals surface area (Å²) in [6.45, 7) is 0. The van der Waals surface area contributed by atoms with Crippen LogP contribution in [0, 0.1) is 4.77 Å². The fourth-order valence-corrected chi connectivity index (χ4v) is 2.80. The van der Waals surface area contributed by atoms with Crippen molar-refractivity contribution in [2.45, 2.75) is 0 Å². The molecule has 2 aromatic heterocycles. The number of nitrogens with one attached hydrogen (secondary N) is 1. The van der Waals surface area contributed by atoms with Crippen LogP contribution in [0.15, 0.2) is 40.8 Å². The molecular formula is C15H14N4O2S2. The van der Waals surface area contributed by atoms with Gasteiger partial charge in [-0.2, -0.15) is 14.9 Å². The Morgan fingerprint density at radius 3 is 2.78 bits per heavy atom. The van der Waals surface area contributed by atoms with Crippen LogP contribution in [0.3, 0.4) is 0 Å². The zero-order valence-electron chi connectivity index (χ0n) is 12.5. The number of H-pyrrole nitrogens is 1. The number of hydrogen-bond donors (Lipinski definition) is 1. The maximum Gasteiger partial charge on any atom is 0.216 e. The molecule has 0 saturated heterocycles. The van der Waals surface area contributed by atoms with Crippen LogP contribution in [-0.2, 0) is 0 Å². The van der Waals surface area contributed by atoms with Crippen LogP contribution >= 0.6 is 23.6 Å². The van der Waals surface area contributed by atoms with E-state index < -0.39 is 0 Å². The first-order chi connectivity index (χ1) is 11.2. The number of methoxy groups -OCH3 is 2. The quantitative estimate of drug-likeness (QED) is 0.567. The molecule has 6 nitrogen and oxygen atoms in total. The van der Waals surface area contributed by atoms with Crippen molar-refractivity contribution in [3.05, 3.63) is 45.4 Å². The van der Waals surface area contributed by atoms with E-state index in [1.54, 1.807) is 36.4 Å². The molecule has 0 aliphatic carbocycles. The highest BCUT2D eigenvalue weighted by Gasteiger charge is 2.12. The summed E-state index contributed by atoms with van der Waals surface area (Å²) in [5.74, 6) is 1.87. The standard InChI is InChI=1S/C15H14N4O2S2/c1-20-12-6-5-10(8-13(12)21-2)14-17-18-15(22)19(14)16-9-11-4-3-7-23-11/h3-9H,1-2H3,(H,18,22)/b16-9+. The van der Waals surface area contributed by atoms with E-state index in [2.05, 4.69) is 15.3 Å². The zero-order chi connectivity index (χ0) is 16.2. The topological polar surface area (TPSA) is 64.4 Å². The Morgan fingerprint density at radius 2 is 2.09 bits per heavy atom. The molecule has 2 heterocycles. The van der Waals surface area contributed by atoms with Crippen molar-refractivity contribution in [2.24, 2.45) is 5.10 Å². The molecule has 0 bridgehead atoms. The fourth-order valence-electron chi connectivity index (χ4n) is 2.04. The number of rotatable bonds is 5. The van der Waals surface area contributed by atoms with Crippen LogP contribution in [0.4, 0.5) is 0 Å². The summed E-state index contributed by atoms with van der Waals surface area (Å²) in [6, 6.07) is 9.48. The first-order valence-corrected chi connectivity index (χ1v) is 7.99. The van der Waals surface area contributed by atoms with Gasteiger partial charge in [-0.1, -0.05) is 6.07 Å². The summed E-state index contributed by atoms with van der Waals surface area (Å²) >= 11 is 6.86. The number of thiophene rings is 1. The van der Waals surface area contributed by atoms with Gasteiger partial charge in [0.15, 0.2) is 17.3 Å². The lowest BCUT2D eigenvalue weighted by molar-refractivity contribution is 0.355. The zero-order valence-corrected chi connectivity index (χ0v) is 14.1. The lowest BCUT2D eigenvalue weighted by Gasteiger charge is -2.08. The van der Waals surface area contributed by atoms with Gasteiger partial charge in [0, 0.05) is 10.4 Å². The number of aromatic amines is 1. The molecule has 0 radical (unpaired) electrons. The first-order valence-electron chi connectivity index (χ1n) is 6.70. The summed E-state index contributed by atoms with van der Waals surface area (Å²) in [7, 11) is 3.19. The molecule has 23 heavy (non-hydrogen) atoms. The normalized spacial score (nSPS) is 11.0. The minimum atomic E-state index is 0.419. The number of hydrogen-bond acceptors (Lipinski definition) is 6. The highest BCUT2D eigenvalue weighted by molar-refractivity contribution is 7.71. The maximum atomic E-state index is 5.33. The molecule has 8 heteroatoms. The summed E-state index contributed by atoms with van der Waals surface area (Å²) in [6.07, 6.45) is 1.75. The third-order valence-electron chi connectivity index (χ3n) is 3.14. The second kappa shape index (κ2) is 6.76. The molecule has 0 spiro atoms. The van der Waals surface area contributed by atoms with Gasteiger partial charge in [0.1, 0.15) is 0 Å². The Hall–Kier alpha value is -2.45. The summed E-state index contributed by atoms with van der Waals surface area (Å²) in [4.78, 5) is 1.03. The Balaban J connectivity index is 2.03. The van der Waals surface area contributed by atoms with Gasteiger partial charge >= 0.3 is 0 Å². The second-order valence-electron chi connectivity index (χ2n) is 4.49. The van der Waals surface area contributed by atoms with Crippen LogP contribution in [0.5, 0.6) is 11.5 Å². The minimum Gasteiger partial charge on any atom is -0.493 e. The summed E-state index contributed by atoms with van der Waals surface area (Å²) in [5.41, 5.74) is 0.818. The smallest absolute Gasteiger partial charge is 0.216 e. The van der Waals surface area contributed by atoms with Gasteiger partial charge in [-0.3, -0.25) is 0 Å². The van der Waals surface area contributed by atoms with Gasteiger partial charge in [0.2, 0.25) is 4.77 Å². The monoisotopic (exact) mass is 346 g/mol. The van der Waals surface area contributed by atoms with E-state index in [1.165, 1.54) is 0 Å². The molecule has 0 saturated carbocycles. The van der Waals surface area contributed by atoms with E-state index in [0.29, 0.717) is 22.1 Å². The Labute approximate surface area is 142 Å². The van der Waals surface area contributed by atoms with E-state index in [9.17, 15) is 0 Å². The maximum absolute atomic E-state index is 5.33. The molecule has 118 valence electrons. The van der Waals surface area contributed by atoms with Crippen molar-refractivity contribution in [3.8, 4) is 22.9 Å². The third-order valence-corrected chi connectivity index (χ3v) is 4.21. The Kier molecular flexibility index (Phi) is 4.54. The predicted octanol–water partition coefficient (Wildman–Crippen LogP) is 3.57. The lowest BCUT2D eigenvalue weighted by Crippen LogP contribution is -1.96. The van der Waals surface area contributed by atoms with E-state index in [4.69, 9.17) is 21.7 Å². The molecule has 1 N–H and O–H groups in total. The van der Waals surface area contributed by atoms with Crippen LogP contribution in [0.1, 0.15) is 4.88 Å². The highest BCUT2D eigenvalue weighted by Crippen LogP contribution is 2.31. The molecule has 3 rings (SSSR count). The van der Waals surface area contributed by atoms with Crippen LogP contribution < -0.4 is 9.47 Å². The third kappa shape index (κ3) is 3.17. The molecule has 0 amide bonds. The van der Waals surface area contributed by atoms with E-state index in [1.807, 2.05) is 35.7 Å². The van der Waals surface area contributed by atoms with E-state index in [0.717, 1.165) is 10.4 Å². The SMILES string of the molecule is COc1ccc(-c2n[nH]c(=S)n2/N=C/c2cccs2)cc1OC. The van der Waals surface area contributed by atoms with Gasteiger partial charge in [0.05, 0.1) is 20.4 Å². The predicted molar refractivity (Wildman–Crippen MR) is 93.3 cm³/mol. The van der Waals surface area contributed by atoms with Gasteiger partial charge in [0.25, 0.3) is 0 Å². The molecule has 0 atom stereocenters. The lowest BCUT2D eigenvalue weighted by atomic mass is 10.2. The van der Waals surface area contributed by atoms with Crippen LogP contribution in [0.2, 0.25) is 0 Å². The molecular weight excluding hydrogens is 332 g/mol. The van der Waals surface area contributed by atoms with Crippen molar-refractivity contribution in [1.29, 1.82) is 0 Å². The van der Waals surface area contributed by atoms with Crippen molar-refractivity contribution >= 4 is 29.8 Å². The number of benzene rings is 1. The van der Waals surface area contributed by atoms with Gasteiger partial charge < -0.3 is 9.47 Å². The molecule has 0 aliphatic rings. The van der Waals surface area contributed by atoms with E-state index in [-0.39, 0.29) is 0 Å². The molecule has 3 aromatic rings. The summed E-state index contributed by atoms with van der Waals surface area (Å²) in [5, 5.41) is 13.4. The molecule has 0 unspecified atom stereocenters. The number of ether oxygens (including phenoxy) is 2. The average molecular weight is 346 g/mol. The molecule has 0 aliphatic heterocycles. The fraction of sp³-hybridized carbons (Fsp3) is 0.133. The summed E-state index contributed by atoms with van der Waals surface area (Å²) < 4.78 is 12.6. The van der Waals surface area contributed by atoms with Gasteiger partial charge in [-0.25, -0.2) is 5.10 Å². The van der Waals surface area contributed by atoms with Crippen LogP contribution in [0.25, 0.3) is 11.4 Å². The van der Waals surface area contributed by atoms with Crippen molar-refractivity contribution in [3.63, 3.8) is 0 Å². The molecule has 1 aromatic carbocycles. The minimum absolute atomic E-state index is 0.419. The Morgan fingerprint density at radius 1 is 1.26 bits per heavy atom. The first kappa shape index (κ1) is 15.4. The van der Waals surface area contributed by atoms with Crippen molar-refractivity contribution in [1.82, 2.24) is 14.9 Å². The van der Waals surface area contributed by atoms with E-state index >= 15 is 0 Å². The Bertz CT molecular complexity index is 881. The number of aromatic nitrogens is 3. The van der Waals surface area contributed by atoms with Crippen molar-refractivity contribution in [2.75, 3.05) is 14.2 Å². The van der Waals surface area contributed by atoms with Gasteiger partial charge in [-0.05, 0) is 41.9 Å². The number of nitrogens with zero attached hydrogens (tertiary/aromatic N) is 3. The second-order valence-corrected chi connectivity index (χ2v) is 5.86. The highest BCUT2D eigenvalue weighted by atomic mass is 32.1. The molecule has 0 fully saturated rings. The largest absolute Gasteiger partial charge is 0.493 e. The van der Waals surface area contributed by atoms with Crippen molar-refractivity contribution < 1.29 is 9.47 Å². The van der Waals surface area contributed by atoms with Crippen LogP contribution in [-0.4, -0.2) is 35.3 Å². The average Bonchev–Trinajstić information content (AvgIpc) is 3.22.